The Labute approximate surface area is 198 Å². The van der Waals surface area contributed by atoms with Gasteiger partial charge in [-0.2, -0.15) is 0 Å². The van der Waals surface area contributed by atoms with Crippen LogP contribution in [0.2, 0.25) is 0 Å². The molecule has 3 aromatic rings. The predicted octanol–water partition coefficient (Wildman–Crippen LogP) is 5.26. The lowest BCUT2D eigenvalue weighted by Gasteiger charge is -2.14. The Morgan fingerprint density at radius 3 is 2.27 bits per heavy atom. The molecule has 0 radical (unpaired) electrons. The zero-order valence-corrected chi connectivity index (χ0v) is 20.4. The Hall–Kier alpha value is -3.17. The van der Waals surface area contributed by atoms with Gasteiger partial charge in [-0.25, -0.2) is 8.42 Å². The van der Waals surface area contributed by atoms with Gasteiger partial charge in [-0.05, 0) is 48.5 Å². The molecule has 0 aromatic heterocycles. The maximum atomic E-state index is 12.8. The van der Waals surface area contributed by atoms with E-state index in [4.69, 9.17) is 9.47 Å². The van der Waals surface area contributed by atoms with Gasteiger partial charge in [0.2, 0.25) is 0 Å². The Morgan fingerprint density at radius 2 is 1.64 bits per heavy atom. The largest absolute Gasteiger partial charge is 0.497 e. The fraction of sp³-hybridized carbons (Fsp3) is 0.208. The van der Waals surface area contributed by atoms with Gasteiger partial charge in [0.1, 0.15) is 11.5 Å². The summed E-state index contributed by atoms with van der Waals surface area (Å²) in [6.45, 7) is 4.13. The van der Waals surface area contributed by atoms with E-state index in [0.29, 0.717) is 28.0 Å². The molecule has 9 heteroatoms. The first-order valence-electron chi connectivity index (χ1n) is 10.2. The first-order valence-corrected chi connectivity index (χ1v) is 12.5. The number of nitrogens with one attached hydrogen (secondary N) is 2. The van der Waals surface area contributed by atoms with Crippen molar-refractivity contribution in [2.24, 2.45) is 0 Å². The molecule has 7 nitrogen and oxygen atoms in total. The topological polar surface area (TPSA) is 93.7 Å². The van der Waals surface area contributed by atoms with Crippen molar-refractivity contribution in [2.45, 2.75) is 28.9 Å². The first-order chi connectivity index (χ1) is 15.7. The first kappa shape index (κ1) is 24.5. The summed E-state index contributed by atoms with van der Waals surface area (Å²) in [5, 5.41) is 3.16. The third kappa shape index (κ3) is 6.21. The summed E-state index contributed by atoms with van der Waals surface area (Å²) in [5.74, 6) is 0.624. The van der Waals surface area contributed by atoms with Gasteiger partial charge in [-0.1, -0.05) is 26.0 Å². The number of hydrogen-bond acceptors (Lipinski definition) is 6. The Balaban J connectivity index is 1.76. The number of sulfonamides is 1. The number of methoxy groups -OCH3 is 2. The zero-order chi connectivity index (χ0) is 24.0. The van der Waals surface area contributed by atoms with E-state index in [1.807, 2.05) is 18.2 Å². The summed E-state index contributed by atoms with van der Waals surface area (Å²) in [6, 6.07) is 18.1. The molecule has 3 rings (SSSR count). The van der Waals surface area contributed by atoms with E-state index in [9.17, 15) is 13.2 Å². The van der Waals surface area contributed by atoms with E-state index in [-0.39, 0.29) is 16.5 Å². The highest BCUT2D eigenvalue weighted by atomic mass is 32.2. The number of ether oxygens (including phenoxy) is 2. The van der Waals surface area contributed by atoms with Gasteiger partial charge >= 0.3 is 0 Å². The third-order valence-corrected chi connectivity index (χ3v) is 7.03. The second kappa shape index (κ2) is 10.6. The molecule has 0 bridgehead atoms. The molecule has 1 amide bonds. The van der Waals surface area contributed by atoms with Crippen LogP contribution in [0.5, 0.6) is 11.5 Å². The Morgan fingerprint density at radius 1 is 0.939 bits per heavy atom. The number of carbonyl (C=O) groups is 1. The van der Waals surface area contributed by atoms with E-state index in [2.05, 4.69) is 23.9 Å². The standard InChI is InChI=1S/C24H26N2O5S2/c1-16(2)32-23-8-6-5-7-20(23)24(27)25-17-9-12-19(13-10-17)33(28,29)26-21-14-11-18(30-3)15-22(21)31-4/h5-16,26H,1-4H3,(H,25,27). The summed E-state index contributed by atoms with van der Waals surface area (Å²) in [5.41, 5.74) is 1.35. The number of carbonyl (C=O) groups excluding carboxylic acids is 1. The zero-order valence-electron chi connectivity index (χ0n) is 18.8. The molecule has 0 saturated heterocycles. The molecule has 174 valence electrons. The molecule has 2 N–H and O–H groups in total. The van der Waals surface area contributed by atoms with Crippen LogP contribution in [-0.2, 0) is 10.0 Å². The maximum Gasteiger partial charge on any atom is 0.262 e. The molecule has 0 aliphatic heterocycles. The van der Waals surface area contributed by atoms with Crippen LogP contribution < -0.4 is 19.5 Å². The van der Waals surface area contributed by atoms with Gasteiger partial charge in [-0.3, -0.25) is 9.52 Å². The molecule has 0 fully saturated rings. The minimum absolute atomic E-state index is 0.0501. The number of rotatable bonds is 9. The van der Waals surface area contributed by atoms with Crippen molar-refractivity contribution in [3.63, 3.8) is 0 Å². The molecule has 0 saturated carbocycles. The summed E-state index contributed by atoms with van der Waals surface area (Å²) in [7, 11) is -0.909. The van der Waals surface area contributed by atoms with Gasteiger partial charge in [0.25, 0.3) is 15.9 Å². The Bertz CT molecular complexity index is 1230. The Kier molecular flexibility index (Phi) is 7.88. The molecular weight excluding hydrogens is 460 g/mol. The highest BCUT2D eigenvalue weighted by Gasteiger charge is 2.18. The van der Waals surface area contributed by atoms with Crippen LogP contribution in [0.1, 0.15) is 24.2 Å². The smallest absolute Gasteiger partial charge is 0.262 e. The SMILES string of the molecule is COc1ccc(NS(=O)(=O)c2ccc(NC(=O)c3ccccc3SC(C)C)cc2)c(OC)c1. The van der Waals surface area contributed by atoms with E-state index >= 15 is 0 Å². The molecule has 3 aromatic carbocycles. The molecular formula is C24H26N2O5S2. The van der Waals surface area contributed by atoms with E-state index < -0.39 is 10.0 Å². The van der Waals surface area contributed by atoms with Crippen molar-refractivity contribution in [3.05, 3.63) is 72.3 Å². The average Bonchev–Trinajstić information content (AvgIpc) is 2.79. The molecule has 33 heavy (non-hydrogen) atoms. The highest BCUT2D eigenvalue weighted by Crippen LogP contribution is 2.31. The number of hydrogen-bond donors (Lipinski definition) is 2. The van der Waals surface area contributed by atoms with Gasteiger partial charge < -0.3 is 14.8 Å². The summed E-state index contributed by atoms with van der Waals surface area (Å²) < 4.78 is 38.6. The highest BCUT2D eigenvalue weighted by molar-refractivity contribution is 8.00. The van der Waals surface area contributed by atoms with Crippen LogP contribution in [0.4, 0.5) is 11.4 Å². The number of amides is 1. The van der Waals surface area contributed by atoms with Gasteiger partial charge in [0, 0.05) is 21.9 Å². The van der Waals surface area contributed by atoms with Crippen molar-refractivity contribution >= 4 is 39.1 Å². The molecule has 0 aliphatic carbocycles. The van der Waals surface area contributed by atoms with Crippen LogP contribution >= 0.6 is 11.8 Å². The van der Waals surface area contributed by atoms with Crippen LogP contribution in [0.15, 0.2) is 76.5 Å². The fourth-order valence-corrected chi connectivity index (χ4v) is 5.04. The molecule has 0 aliphatic rings. The number of thioether (sulfide) groups is 1. The summed E-state index contributed by atoms with van der Waals surface area (Å²) >= 11 is 1.61. The summed E-state index contributed by atoms with van der Waals surface area (Å²) in [6.07, 6.45) is 0. The molecule has 0 spiro atoms. The van der Waals surface area contributed by atoms with E-state index in [1.165, 1.54) is 26.4 Å². The second-order valence-corrected chi connectivity index (χ2v) is 10.6. The minimum Gasteiger partial charge on any atom is -0.497 e. The van der Waals surface area contributed by atoms with E-state index in [1.54, 1.807) is 48.2 Å². The number of benzene rings is 3. The van der Waals surface area contributed by atoms with Crippen molar-refractivity contribution < 1.29 is 22.7 Å². The normalized spacial score (nSPS) is 11.2. The van der Waals surface area contributed by atoms with E-state index in [0.717, 1.165) is 4.90 Å². The minimum atomic E-state index is -3.87. The monoisotopic (exact) mass is 486 g/mol. The van der Waals surface area contributed by atoms with Crippen molar-refractivity contribution in [1.82, 2.24) is 0 Å². The second-order valence-electron chi connectivity index (χ2n) is 7.31. The fourth-order valence-electron chi connectivity index (χ4n) is 3.01. The van der Waals surface area contributed by atoms with Crippen molar-refractivity contribution in [1.29, 1.82) is 0 Å². The maximum absolute atomic E-state index is 12.8. The molecule has 0 heterocycles. The predicted molar refractivity (Wildman–Crippen MR) is 132 cm³/mol. The van der Waals surface area contributed by atoms with Crippen LogP contribution in [0, 0.1) is 0 Å². The van der Waals surface area contributed by atoms with Gasteiger partial charge in [0.15, 0.2) is 0 Å². The average molecular weight is 487 g/mol. The quantitative estimate of drug-likeness (QED) is 0.401. The van der Waals surface area contributed by atoms with Crippen LogP contribution in [0.3, 0.4) is 0 Å². The lowest BCUT2D eigenvalue weighted by Crippen LogP contribution is -2.15. The van der Waals surface area contributed by atoms with Crippen LogP contribution in [-0.4, -0.2) is 33.8 Å². The lowest BCUT2D eigenvalue weighted by atomic mass is 10.2. The summed E-state index contributed by atoms with van der Waals surface area (Å²) in [4.78, 5) is 13.7. The van der Waals surface area contributed by atoms with Crippen molar-refractivity contribution in [3.8, 4) is 11.5 Å². The van der Waals surface area contributed by atoms with Gasteiger partial charge in [-0.15, -0.1) is 11.8 Å². The molecule has 0 unspecified atom stereocenters. The molecule has 0 atom stereocenters. The van der Waals surface area contributed by atoms with Crippen molar-refractivity contribution in [2.75, 3.05) is 24.3 Å². The lowest BCUT2D eigenvalue weighted by molar-refractivity contribution is 0.102. The number of anilines is 2. The van der Waals surface area contributed by atoms with Gasteiger partial charge in [0.05, 0.1) is 30.4 Å². The van der Waals surface area contributed by atoms with Crippen LogP contribution in [0.25, 0.3) is 0 Å². The third-order valence-electron chi connectivity index (χ3n) is 4.57.